The van der Waals surface area contributed by atoms with E-state index in [0.29, 0.717) is 0 Å². The van der Waals surface area contributed by atoms with Crippen LogP contribution in [0.3, 0.4) is 0 Å². The molecule has 2 aromatic carbocycles. The minimum absolute atomic E-state index is 0.235. The molecule has 0 saturated heterocycles. The molecule has 28 heavy (non-hydrogen) atoms. The van der Waals surface area contributed by atoms with Gasteiger partial charge in [0.05, 0.1) is 4.70 Å². The van der Waals surface area contributed by atoms with Gasteiger partial charge in [0.1, 0.15) is 17.2 Å². The molecule has 0 aliphatic heterocycles. The molecule has 0 bridgehead atoms. The number of benzene rings is 2. The summed E-state index contributed by atoms with van der Waals surface area (Å²) in [6.45, 7) is 4.95. The highest BCUT2D eigenvalue weighted by atomic mass is 32.1. The highest BCUT2D eigenvalue weighted by molar-refractivity contribution is 7.17. The largest absolute Gasteiger partial charge is 0.305 e. The lowest BCUT2D eigenvalue weighted by atomic mass is 10.00. The van der Waals surface area contributed by atoms with Gasteiger partial charge in [-0.3, -0.25) is 0 Å². The Bertz CT molecular complexity index is 1160. The van der Waals surface area contributed by atoms with Crippen LogP contribution in [0.2, 0.25) is 0 Å². The summed E-state index contributed by atoms with van der Waals surface area (Å²) in [6, 6.07) is 13.4. The van der Waals surface area contributed by atoms with Crippen molar-refractivity contribution in [2.75, 3.05) is 14.1 Å². The molecule has 0 amide bonds. The minimum Gasteiger partial charge on any atom is -0.305 e. The fourth-order valence-corrected chi connectivity index (χ4v) is 4.42. The summed E-state index contributed by atoms with van der Waals surface area (Å²) < 4.78 is 14.6. The number of rotatable bonds is 4. The molecule has 0 N–H and O–H groups in total. The molecule has 5 heteroatoms. The summed E-state index contributed by atoms with van der Waals surface area (Å²) in [5, 5.41) is 12.3. The van der Waals surface area contributed by atoms with Crippen molar-refractivity contribution >= 4 is 21.4 Å². The Morgan fingerprint density at radius 3 is 2.43 bits per heavy atom. The van der Waals surface area contributed by atoms with Crippen LogP contribution in [0.1, 0.15) is 16.7 Å². The second-order valence-electron chi connectivity index (χ2n) is 7.40. The molecule has 142 valence electrons. The predicted molar refractivity (Wildman–Crippen MR) is 115 cm³/mol. The summed E-state index contributed by atoms with van der Waals surface area (Å²) in [7, 11) is 4.15. The fraction of sp³-hybridized carbons (Fsp3) is 0.217. The molecule has 0 radical (unpaired) electrons. The first-order valence-corrected chi connectivity index (χ1v) is 10.1. The van der Waals surface area contributed by atoms with E-state index in [1.807, 2.05) is 6.92 Å². The lowest BCUT2D eigenvalue weighted by Gasteiger charge is -2.14. The average Bonchev–Trinajstić information content (AvgIpc) is 3.13. The SMILES string of the molecule is Cc1cc(-c2nnc(-c3ccc(F)cc3C)c3sccc23)ccc1CN(C)C. The van der Waals surface area contributed by atoms with E-state index in [0.717, 1.165) is 44.7 Å². The molecule has 0 spiro atoms. The predicted octanol–water partition coefficient (Wildman–Crippen LogP) is 5.84. The van der Waals surface area contributed by atoms with E-state index in [1.165, 1.54) is 23.3 Å². The van der Waals surface area contributed by atoms with Gasteiger partial charge >= 0.3 is 0 Å². The molecule has 4 rings (SSSR count). The molecule has 3 nitrogen and oxygen atoms in total. The second kappa shape index (κ2) is 7.41. The number of nitrogens with zero attached hydrogens (tertiary/aromatic N) is 3. The Labute approximate surface area is 168 Å². The average molecular weight is 392 g/mol. The van der Waals surface area contributed by atoms with E-state index < -0.39 is 0 Å². The highest BCUT2D eigenvalue weighted by Gasteiger charge is 2.16. The van der Waals surface area contributed by atoms with Crippen molar-refractivity contribution in [2.24, 2.45) is 0 Å². The van der Waals surface area contributed by atoms with Gasteiger partial charge in [-0.2, -0.15) is 0 Å². The van der Waals surface area contributed by atoms with Gasteiger partial charge in [-0.1, -0.05) is 12.1 Å². The normalized spacial score (nSPS) is 11.5. The van der Waals surface area contributed by atoms with E-state index >= 15 is 0 Å². The van der Waals surface area contributed by atoms with Gasteiger partial charge in [-0.05, 0) is 80.3 Å². The molecule has 0 aliphatic carbocycles. The number of fused-ring (bicyclic) bond motifs is 1. The molecule has 0 unspecified atom stereocenters. The quantitative estimate of drug-likeness (QED) is 0.437. The third kappa shape index (κ3) is 3.43. The van der Waals surface area contributed by atoms with Gasteiger partial charge in [0.15, 0.2) is 0 Å². The van der Waals surface area contributed by atoms with Crippen LogP contribution in [0, 0.1) is 19.7 Å². The van der Waals surface area contributed by atoms with Crippen molar-refractivity contribution < 1.29 is 4.39 Å². The topological polar surface area (TPSA) is 29.0 Å². The number of hydrogen-bond acceptors (Lipinski definition) is 4. The number of halogens is 1. The van der Waals surface area contributed by atoms with Gasteiger partial charge in [0, 0.05) is 23.1 Å². The third-order valence-corrected chi connectivity index (χ3v) is 5.85. The molecule has 0 aliphatic rings. The fourth-order valence-electron chi connectivity index (χ4n) is 3.52. The van der Waals surface area contributed by atoms with Crippen LogP contribution in [0.25, 0.3) is 32.6 Å². The van der Waals surface area contributed by atoms with Crippen LogP contribution < -0.4 is 0 Å². The zero-order chi connectivity index (χ0) is 19.8. The van der Waals surface area contributed by atoms with Crippen LogP contribution in [0.4, 0.5) is 4.39 Å². The van der Waals surface area contributed by atoms with E-state index in [1.54, 1.807) is 17.4 Å². The van der Waals surface area contributed by atoms with Crippen molar-refractivity contribution in [1.29, 1.82) is 0 Å². The van der Waals surface area contributed by atoms with Gasteiger partial charge in [0.25, 0.3) is 0 Å². The van der Waals surface area contributed by atoms with Crippen LogP contribution in [-0.4, -0.2) is 29.2 Å². The maximum atomic E-state index is 13.5. The van der Waals surface area contributed by atoms with Crippen molar-refractivity contribution in [1.82, 2.24) is 15.1 Å². The number of aryl methyl sites for hydroxylation is 2. The molecule has 0 saturated carbocycles. The Hall–Kier alpha value is -2.63. The summed E-state index contributed by atoms with van der Waals surface area (Å²) in [5.74, 6) is -0.235. The van der Waals surface area contributed by atoms with Crippen molar-refractivity contribution in [3.05, 3.63) is 70.4 Å². The summed E-state index contributed by atoms with van der Waals surface area (Å²) in [5.41, 5.74) is 7.10. The second-order valence-corrected chi connectivity index (χ2v) is 8.32. The van der Waals surface area contributed by atoms with Crippen LogP contribution in [0.15, 0.2) is 47.8 Å². The highest BCUT2D eigenvalue weighted by Crippen LogP contribution is 2.37. The standard InChI is InChI=1S/C23H22FN3S/c1-14-11-16(5-6-17(14)13-27(3)4)21-20-9-10-28-23(20)22(26-25-21)19-8-7-18(24)12-15(19)2/h5-12H,13H2,1-4H3. The summed E-state index contributed by atoms with van der Waals surface area (Å²) in [4.78, 5) is 2.17. The van der Waals surface area contributed by atoms with E-state index in [9.17, 15) is 4.39 Å². The maximum Gasteiger partial charge on any atom is 0.123 e. The number of aromatic nitrogens is 2. The molecule has 4 aromatic rings. The van der Waals surface area contributed by atoms with Crippen molar-refractivity contribution in [2.45, 2.75) is 20.4 Å². The molecular weight excluding hydrogens is 369 g/mol. The van der Waals surface area contributed by atoms with Crippen molar-refractivity contribution in [3.63, 3.8) is 0 Å². The summed E-state index contributed by atoms with van der Waals surface area (Å²) >= 11 is 1.64. The lowest BCUT2D eigenvalue weighted by Crippen LogP contribution is -2.11. The van der Waals surface area contributed by atoms with Gasteiger partial charge in [-0.15, -0.1) is 21.5 Å². The summed E-state index contributed by atoms with van der Waals surface area (Å²) in [6.07, 6.45) is 0. The minimum atomic E-state index is -0.235. The lowest BCUT2D eigenvalue weighted by molar-refractivity contribution is 0.401. The molecule has 2 heterocycles. The number of thiophene rings is 1. The first-order valence-electron chi connectivity index (χ1n) is 9.19. The Balaban J connectivity index is 1.83. The van der Waals surface area contributed by atoms with Crippen LogP contribution >= 0.6 is 11.3 Å². The monoisotopic (exact) mass is 391 g/mol. The Kier molecular flexibility index (Phi) is 4.96. The van der Waals surface area contributed by atoms with E-state index in [2.05, 4.69) is 65.8 Å². The first-order chi connectivity index (χ1) is 13.4. The first kappa shape index (κ1) is 18.7. The van der Waals surface area contributed by atoms with Crippen LogP contribution in [-0.2, 0) is 6.54 Å². The van der Waals surface area contributed by atoms with Gasteiger partial charge in [0.2, 0.25) is 0 Å². The molecule has 2 aromatic heterocycles. The number of hydrogen-bond donors (Lipinski definition) is 0. The zero-order valence-electron chi connectivity index (χ0n) is 16.5. The van der Waals surface area contributed by atoms with Crippen LogP contribution in [0.5, 0.6) is 0 Å². The smallest absolute Gasteiger partial charge is 0.123 e. The maximum absolute atomic E-state index is 13.5. The molecule has 0 fully saturated rings. The molecular formula is C23H22FN3S. The van der Waals surface area contributed by atoms with E-state index in [4.69, 9.17) is 0 Å². The van der Waals surface area contributed by atoms with E-state index in [-0.39, 0.29) is 5.82 Å². The Morgan fingerprint density at radius 1 is 0.929 bits per heavy atom. The van der Waals surface area contributed by atoms with Crippen molar-refractivity contribution in [3.8, 4) is 22.5 Å². The zero-order valence-corrected chi connectivity index (χ0v) is 17.3. The third-order valence-electron chi connectivity index (χ3n) is 4.93. The molecule has 0 atom stereocenters. The van der Waals surface area contributed by atoms with Gasteiger partial charge in [-0.25, -0.2) is 4.39 Å². The Morgan fingerprint density at radius 2 is 1.71 bits per heavy atom. The van der Waals surface area contributed by atoms with Gasteiger partial charge < -0.3 is 4.90 Å².